The van der Waals surface area contributed by atoms with E-state index in [1.54, 1.807) is 0 Å². The highest BCUT2D eigenvalue weighted by Gasteiger charge is 2.47. The highest BCUT2D eigenvalue weighted by Crippen LogP contribution is 2.42. The number of ether oxygens (including phenoxy) is 1. The van der Waals surface area contributed by atoms with Crippen molar-refractivity contribution in [3.05, 3.63) is 45.7 Å². The van der Waals surface area contributed by atoms with Crippen LogP contribution >= 0.6 is 11.6 Å². The minimum atomic E-state index is -0.865. The van der Waals surface area contributed by atoms with Gasteiger partial charge in [0.15, 0.2) is 5.82 Å². The molecule has 2 aliphatic rings. The van der Waals surface area contributed by atoms with Crippen LogP contribution in [0.3, 0.4) is 0 Å². The molecule has 0 bridgehead atoms. The first-order chi connectivity index (χ1) is 16.3. The van der Waals surface area contributed by atoms with Gasteiger partial charge in [-0.25, -0.2) is 18.7 Å². The van der Waals surface area contributed by atoms with Crippen molar-refractivity contribution in [2.45, 2.75) is 38.5 Å². The fourth-order valence-electron chi connectivity index (χ4n) is 4.73. The monoisotopic (exact) mass is 488 g/mol. The zero-order valence-corrected chi connectivity index (χ0v) is 19.2. The fraction of sp³-hybridized carbons (Fsp3) is 0.435. The standard InChI is InChI=1S/C23H23ClF2N6O2/c1-12-20(27)23(11-34-12)4-6-32(7-5-23)22-18(10-33)28-19-17(30-31-21(19)29-22)3-2-14-15(24)8-13(25)9-16(14)26/h8-9,12,20,33H,4-7,10-11,27H2,1H3,(H,29,30,31)/t12-,20+/m0/s1. The van der Waals surface area contributed by atoms with E-state index >= 15 is 0 Å². The summed E-state index contributed by atoms with van der Waals surface area (Å²) in [5.41, 5.74) is 7.56. The molecule has 0 unspecified atom stereocenters. The second-order valence-electron chi connectivity index (χ2n) is 8.81. The molecular formula is C23H23ClF2N6O2. The van der Waals surface area contributed by atoms with Crippen molar-refractivity contribution < 1.29 is 18.6 Å². The van der Waals surface area contributed by atoms with Crippen LogP contribution in [0.1, 0.15) is 36.7 Å². The van der Waals surface area contributed by atoms with Gasteiger partial charge in [-0.15, -0.1) is 0 Å². The van der Waals surface area contributed by atoms with E-state index in [4.69, 9.17) is 22.1 Å². The third-order valence-corrected chi connectivity index (χ3v) is 7.11. The van der Waals surface area contributed by atoms with Crippen LogP contribution in [-0.2, 0) is 11.3 Å². The number of H-pyrrole nitrogens is 1. The molecule has 8 nitrogen and oxygen atoms in total. The van der Waals surface area contributed by atoms with E-state index in [1.165, 1.54) is 0 Å². The van der Waals surface area contributed by atoms with E-state index in [2.05, 4.69) is 36.9 Å². The summed E-state index contributed by atoms with van der Waals surface area (Å²) in [5, 5.41) is 16.8. The second kappa shape index (κ2) is 8.74. The Balaban J connectivity index is 1.43. The number of aromatic amines is 1. The number of hydrogen-bond donors (Lipinski definition) is 3. The summed E-state index contributed by atoms with van der Waals surface area (Å²) in [6, 6.07) is 1.70. The maximum absolute atomic E-state index is 14.1. The topological polar surface area (TPSA) is 113 Å². The number of piperidine rings is 1. The van der Waals surface area contributed by atoms with Gasteiger partial charge in [-0.05, 0) is 31.8 Å². The first-order valence-electron chi connectivity index (χ1n) is 11.0. The number of nitrogens with two attached hydrogens (primary N) is 1. The molecule has 2 aromatic heterocycles. The Morgan fingerprint density at radius 1 is 1.29 bits per heavy atom. The SMILES string of the molecule is C[C@@H]1OCC2(CCN(c3nc4n[nH]c(C#Cc5c(F)cc(F)cc5Cl)c4nc3CO)CC2)[C@@H]1N. The Kier molecular flexibility index (Phi) is 5.90. The van der Waals surface area contributed by atoms with Crippen LogP contribution in [0.15, 0.2) is 12.1 Å². The number of aliphatic hydroxyl groups excluding tert-OH is 1. The molecule has 0 aliphatic carbocycles. The predicted octanol–water partition coefficient (Wildman–Crippen LogP) is 2.51. The third-order valence-electron chi connectivity index (χ3n) is 6.81. The van der Waals surface area contributed by atoms with E-state index in [9.17, 15) is 13.9 Å². The Morgan fingerprint density at radius 3 is 2.71 bits per heavy atom. The van der Waals surface area contributed by atoms with Gasteiger partial charge >= 0.3 is 0 Å². The van der Waals surface area contributed by atoms with E-state index in [0.29, 0.717) is 48.4 Å². The zero-order chi connectivity index (χ0) is 24.0. The van der Waals surface area contributed by atoms with Gasteiger partial charge in [-0.1, -0.05) is 17.5 Å². The summed E-state index contributed by atoms with van der Waals surface area (Å²) in [6.07, 6.45) is 1.74. The van der Waals surface area contributed by atoms with Gasteiger partial charge in [0.1, 0.15) is 28.5 Å². The van der Waals surface area contributed by atoms with Gasteiger partial charge < -0.3 is 20.5 Å². The van der Waals surface area contributed by atoms with Crippen molar-refractivity contribution in [1.29, 1.82) is 0 Å². The van der Waals surface area contributed by atoms with Crippen LogP contribution in [0.5, 0.6) is 0 Å². The maximum atomic E-state index is 14.1. The van der Waals surface area contributed by atoms with Gasteiger partial charge in [-0.3, -0.25) is 5.10 Å². The number of aliphatic hydroxyl groups is 1. The quantitative estimate of drug-likeness (QED) is 0.475. The average Bonchev–Trinajstić information content (AvgIpc) is 3.34. The largest absolute Gasteiger partial charge is 0.390 e. The normalized spacial score (nSPS) is 21.8. The van der Waals surface area contributed by atoms with Crippen molar-refractivity contribution in [1.82, 2.24) is 20.2 Å². The molecule has 0 saturated carbocycles. The number of hydrogen-bond acceptors (Lipinski definition) is 7. The van der Waals surface area contributed by atoms with Crippen molar-refractivity contribution in [2.75, 3.05) is 24.6 Å². The highest BCUT2D eigenvalue weighted by molar-refractivity contribution is 6.31. The summed E-state index contributed by atoms with van der Waals surface area (Å²) in [6.45, 7) is 3.75. The highest BCUT2D eigenvalue weighted by atomic mass is 35.5. The van der Waals surface area contributed by atoms with Gasteiger partial charge in [0, 0.05) is 30.6 Å². The van der Waals surface area contributed by atoms with Crippen molar-refractivity contribution in [2.24, 2.45) is 11.1 Å². The number of rotatable bonds is 2. The summed E-state index contributed by atoms with van der Waals surface area (Å²) in [7, 11) is 0. The Bertz CT molecular complexity index is 1290. The van der Waals surface area contributed by atoms with Crippen LogP contribution in [0, 0.1) is 28.9 Å². The van der Waals surface area contributed by atoms with Gasteiger partial charge in [-0.2, -0.15) is 5.10 Å². The Labute approximate surface area is 199 Å². The summed E-state index contributed by atoms with van der Waals surface area (Å²) < 4.78 is 33.1. The number of nitrogens with zero attached hydrogens (tertiary/aromatic N) is 4. The van der Waals surface area contributed by atoms with Crippen LogP contribution in [0.4, 0.5) is 14.6 Å². The Morgan fingerprint density at radius 2 is 2.06 bits per heavy atom. The molecule has 2 atom stereocenters. The Hall–Kier alpha value is -2.84. The molecule has 4 heterocycles. The van der Waals surface area contributed by atoms with Crippen LogP contribution in [0.2, 0.25) is 5.02 Å². The predicted molar refractivity (Wildman–Crippen MR) is 122 cm³/mol. The molecule has 0 radical (unpaired) electrons. The molecule has 0 amide bonds. The van der Waals surface area contributed by atoms with E-state index in [-0.39, 0.29) is 40.4 Å². The fourth-order valence-corrected chi connectivity index (χ4v) is 4.97. The molecule has 2 saturated heterocycles. The van der Waals surface area contributed by atoms with Gasteiger partial charge in [0.2, 0.25) is 5.65 Å². The first-order valence-corrected chi connectivity index (χ1v) is 11.3. The summed E-state index contributed by atoms with van der Waals surface area (Å²) in [4.78, 5) is 11.2. The van der Waals surface area contributed by atoms with Crippen LogP contribution < -0.4 is 10.6 Å². The smallest absolute Gasteiger partial charge is 0.202 e. The zero-order valence-electron chi connectivity index (χ0n) is 18.4. The lowest BCUT2D eigenvalue weighted by molar-refractivity contribution is 0.0973. The molecule has 34 heavy (non-hydrogen) atoms. The van der Waals surface area contributed by atoms with E-state index in [1.807, 2.05) is 6.92 Å². The first kappa shape index (κ1) is 22.9. The molecule has 178 valence electrons. The van der Waals surface area contributed by atoms with E-state index in [0.717, 1.165) is 18.9 Å². The molecule has 2 fully saturated rings. The van der Waals surface area contributed by atoms with Crippen molar-refractivity contribution in [3.8, 4) is 11.8 Å². The molecule has 5 rings (SSSR count). The number of benzene rings is 1. The lowest BCUT2D eigenvalue weighted by Gasteiger charge is -2.41. The van der Waals surface area contributed by atoms with Crippen LogP contribution in [0.25, 0.3) is 11.2 Å². The molecule has 1 spiro atoms. The van der Waals surface area contributed by atoms with Crippen molar-refractivity contribution in [3.63, 3.8) is 0 Å². The molecule has 4 N–H and O–H groups in total. The summed E-state index contributed by atoms with van der Waals surface area (Å²) >= 11 is 5.92. The molecular weight excluding hydrogens is 466 g/mol. The van der Waals surface area contributed by atoms with Gasteiger partial charge in [0.05, 0.1) is 29.9 Å². The number of nitrogens with one attached hydrogen (secondary N) is 1. The summed E-state index contributed by atoms with van der Waals surface area (Å²) in [5.74, 6) is 4.24. The molecule has 1 aromatic carbocycles. The third kappa shape index (κ3) is 3.88. The lowest BCUT2D eigenvalue weighted by Crippen LogP contribution is -2.51. The van der Waals surface area contributed by atoms with Crippen LogP contribution in [-0.4, -0.2) is 57.1 Å². The lowest BCUT2D eigenvalue weighted by atomic mass is 9.73. The number of anilines is 1. The number of halogens is 3. The number of aromatic nitrogens is 4. The molecule has 11 heteroatoms. The minimum Gasteiger partial charge on any atom is -0.390 e. The average molecular weight is 489 g/mol. The minimum absolute atomic E-state index is 0.00699. The second-order valence-corrected chi connectivity index (χ2v) is 9.22. The maximum Gasteiger partial charge on any atom is 0.202 e. The number of fused-ring (bicyclic) bond motifs is 1. The van der Waals surface area contributed by atoms with Gasteiger partial charge in [0.25, 0.3) is 0 Å². The molecule has 2 aliphatic heterocycles. The molecule has 3 aromatic rings. The van der Waals surface area contributed by atoms with Crippen molar-refractivity contribution >= 4 is 28.6 Å². The van der Waals surface area contributed by atoms with E-state index < -0.39 is 11.6 Å².